The fourth-order valence-corrected chi connectivity index (χ4v) is 3.77. The van der Waals surface area contributed by atoms with E-state index < -0.39 is 19.5 Å². The number of carbonyl (C=O) groups excluding carboxylic acids is 2. The van der Waals surface area contributed by atoms with E-state index in [1.54, 1.807) is 13.8 Å². The van der Waals surface area contributed by atoms with Gasteiger partial charge in [0.1, 0.15) is 0 Å². The SMILES string of the molecule is C=C(C)C(=O)OCCCOP(=O)(Cc1ccccc1)OCCCOC(=O)C(=C)C. The van der Waals surface area contributed by atoms with Crippen molar-refractivity contribution < 1.29 is 32.7 Å². The number of hydrogen-bond acceptors (Lipinski definition) is 7. The van der Waals surface area contributed by atoms with E-state index in [-0.39, 0.29) is 32.6 Å². The molecule has 0 heterocycles. The number of rotatable bonds is 14. The topological polar surface area (TPSA) is 88.1 Å². The average Bonchev–Trinajstić information content (AvgIpc) is 2.67. The molecule has 0 bridgehead atoms. The lowest BCUT2D eigenvalue weighted by atomic mass is 10.2. The molecule has 0 amide bonds. The summed E-state index contributed by atoms with van der Waals surface area (Å²) in [6.45, 7) is 10.6. The van der Waals surface area contributed by atoms with Crippen molar-refractivity contribution >= 4 is 19.5 Å². The quantitative estimate of drug-likeness (QED) is 0.189. The molecule has 0 aliphatic carbocycles. The van der Waals surface area contributed by atoms with Crippen LogP contribution < -0.4 is 0 Å². The zero-order valence-electron chi connectivity index (χ0n) is 17.1. The number of carbonyl (C=O) groups is 2. The van der Waals surface area contributed by atoms with Crippen LogP contribution in [0, 0.1) is 0 Å². The minimum absolute atomic E-state index is 0.109. The maximum absolute atomic E-state index is 13.1. The fraction of sp³-hybridized carbons (Fsp3) is 0.429. The van der Waals surface area contributed by atoms with Crippen LogP contribution in [0.25, 0.3) is 0 Å². The second kappa shape index (κ2) is 13.1. The van der Waals surface area contributed by atoms with Gasteiger partial charge in [0.2, 0.25) is 0 Å². The van der Waals surface area contributed by atoms with E-state index in [1.807, 2.05) is 30.3 Å². The summed E-state index contributed by atoms with van der Waals surface area (Å²) in [6, 6.07) is 9.22. The zero-order valence-corrected chi connectivity index (χ0v) is 18.0. The summed E-state index contributed by atoms with van der Waals surface area (Å²) in [5.74, 6) is -0.948. The average molecular weight is 424 g/mol. The molecule has 0 aromatic heterocycles. The summed E-state index contributed by atoms with van der Waals surface area (Å²) >= 11 is 0. The second-order valence-electron chi connectivity index (χ2n) is 6.46. The molecule has 8 heteroatoms. The van der Waals surface area contributed by atoms with Crippen molar-refractivity contribution in [2.75, 3.05) is 26.4 Å². The van der Waals surface area contributed by atoms with Gasteiger partial charge in [0, 0.05) is 24.0 Å². The molecule has 0 radical (unpaired) electrons. The minimum atomic E-state index is -3.42. The number of benzene rings is 1. The summed E-state index contributed by atoms with van der Waals surface area (Å²) in [5.41, 5.74) is 1.45. The van der Waals surface area contributed by atoms with Gasteiger partial charge in [-0.1, -0.05) is 43.5 Å². The Labute approximate surface area is 172 Å². The Morgan fingerprint density at radius 1 is 0.828 bits per heavy atom. The van der Waals surface area contributed by atoms with Gasteiger partial charge in [-0.2, -0.15) is 0 Å². The molecule has 1 aromatic rings. The van der Waals surface area contributed by atoms with Crippen LogP contribution in [-0.4, -0.2) is 38.4 Å². The van der Waals surface area contributed by atoms with E-state index in [9.17, 15) is 14.2 Å². The molecule has 0 aliphatic rings. The Bertz CT molecular complexity index is 703. The lowest BCUT2D eigenvalue weighted by Crippen LogP contribution is -2.10. The molecule has 0 aliphatic heterocycles. The van der Waals surface area contributed by atoms with Crippen molar-refractivity contribution in [1.82, 2.24) is 0 Å². The highest BCUT2D eigenvalue weighted by molar-refractivity contribution is 7.53. The lowest BCUT2D eigenvalue weighted by molar-refractivity contribution is -0.140. The zero-order chi connectivity index (χ0) is 21.7. The van der Waals surface area contributed by atoms with Crippen LogP contribution in [0.2, 0.25) is 0 Å². The predicted molar refractivity (Wildman–Crippen MR) is 110 cm³/mol. The van der Waals surface area contributed by atoms with Crippen molar-refractivity contribution in [3.63, 3.8) is 0 Å². The Hall–Kier alpha value is -2.21. The van der Waals surface area contributed by atoms with Gasteiger partial charge in [0.05, 0.1) is 32.6 Å². The number of hydrogen-bond donors (Lipinski definition) is 0. The molecule has 160 valence electrons. The van der Waals surface area contributed by atoms with Crippen LogP contribution in [0.15, 0.2) is 54.6 Å². The first kappa shape index (κ1) is 24.8. The van der Waals surface area contributed by atoms with Crippen molar-refractivity contribution in [2.45, 2.75) is 32.9 Å². The molecule has 0 fully saturated rings. The van der Waals surface area contributed by atoms with Gasteiger partial charge in [-0.25, -0.2) is 9.59 Å². The van der Waals surface area contributed by atoms with Gasteiger partial charge in [0.15, 0.2) is 0 Å². The van der Waals surface area contributed by atoms with Crippen molar-refractivity contribution in [2.24, 2.45) is 0 Å². The fourth-order valence-electron chi connectivity index (χ4n) is 2.04. The highest BCUT2D eigenvalue weighted by Crippen LogP contribution is 2.51. The van der Waals surface area contributed by atoms with E-state index in [4.69, 9.17) is 18.5 Å². The van der Waals surface area contributed by atoms with Crippen LogP contribution in [0.3, 0.4) is 0 Å². The molecule has 0 saturated carbocycles. The van der Waals surface area contributed by atoms with E-state index in [1.165, 1.54) is 0 Å². The largest absolute Gasteiger partial charge is 0.462 e. The normalized spacial score (nSPS) is 11.0. The molecule has 1 rings (SSSR count). The molecule has 0 saturated heterocycles. The van der Waals surface area contributed by atoms with E-state index in [0.717, 1.165) is 5.56 Å². The second-order valence-corrected chi connectivity index (χ2v) is 8.52. The molecule has 29 heavy (non-hydrogen) atoms. The highest BCUT2D eigenvalue weighted by atomic mass is 31.2. The first-order valence-corrected chi connectivity index (χ1v) is 11.0. The van der Waals surface area contributed by atoms with Crippen LogP contribution >= 0.6 is 7.60 Å². The summed E-state index contributed by atoms with van der Waals surface area (Å²) in [6.07, 6.45) is 0.861. The third kappa shape index (κ3) is 10.8. The summed E-state index contributed by atoms with van der Waals surface area (Å²) in [5, 5.41) is 0. The van der Waals surface area contributed by atoms with E-state index in [2.05, 4.69) is 13.2 Å². The highest BCUT2D eigenvalue weighted by Gasteiger charge is 2.25. The Balaban J connectivity index is 2.50. The predicted octanol–water partition coefficient (Wildman–Crippen LogP) is 4.43. The third-order valence-corrected chi connectivity index (χ3v) is 5.44. The van der Waals surface area contributed by atoms with Gasteiger partial charge in [-0.15, -0.1) is 0 Å². The van der Waals surface area contributed by atoms with Crippen molar-refractivity contribution in [1.29, 1.82) is 0 Å². The maximum Gasteiger partial charge on any atom is 0.335 e. The molecule has 0 atom stereocenters. The first-order chi connectivity index (χ1) is 13.7. The van der Waals surface area contributed by atoms with Gasteiger partial charge < -0.3 is 18.5 Å². The Kier molecular flexibility index (Phi) is 11.2. The van der Waals surface area contributed by atoms with E-state index >= 15 is 0 Å². The monoisotopic (exact) mass is 424 g/mol. The van der Waals surface area contributed by atoms with Crippen LogP contribution in [-0.2, 0) is 38.8 Å². The smallest absolute Gasteiger partial charge is 0.335 e. The van der Waals surface area contributed by atoms with Crippen LogP contribution in [0.5, 0.6) is 0 Å². The Morgan fingerprint density at radius 3 is 1.69 bits per heavy atom. The van der Waals surface area contributed by atoms with Gasteiger partial charge in [0.25, 0.3) is 0 Å². The summed E-state index contributed by atoms with van der Waals surface area (Å²) in [7, 11) is -3.42. The first-order valence-electron chi connectivity index (χ1n) is 9.31. The molecule has 0 unspecified atom stereocenters. The lowest BCUT2D eigenvalue weighted by Gasteiger charge is -2.19. The molecular weight excluding hydrogens is 395 g/mol. The summed E-state index contributed by atoms with van der Waals surface area (Å²) < 4.78 is 34.2. The van der Waals surface area contributed by atoms with Gasteiger partial charge in [-0.3, -0.25) is 4.57 Å². The van der Waals surface area contributed by atoms with Crippen LogP contribution in [0.1, 0.15) is 32.3 Å². The summed E-state index contributed by atoms with van der Waals surface area (Å²) in [4.78, 5) is 22.7. The van der Waals surface area contributed by atoms with Crippen LogP contribution in [0.4, 0.5) is 0 Å². The number of esters is 2. The number of ether oxygens (including phenoxy) is 2. The molecule has 7 nitrogen and oxygen atoms in total. The molecule has 1 aromatic carbocycles. The standard InChI is InChI=1S/C21H29O7P/c1-17(2)20(22)25-12-8-14-27-29(24,16-19-10-6-5-7-11-19)28-15-9-13-26-21(23)18(3)4/h5-7,10-11H,1,3,8-9,12-16H2,2,4H3. The Morgan fingerprint density at radius 2 is 1.28 bits per heavy atom. The van der Waals surface area contributed by atoms with Crippen molar-refractivity contribution in [3.8, 4) is 0 Å². The maximum atomic E-state index is 13.1. The van der Waals surface area contributed by atoms with Gasteiger partial charge in [-0.05, 0) is 19.4 Å². The minimum Gasteiger partial charge on any atom is -0.462 e. The third-order valence-electron chi connectivity index (χ3n) is 3.54. The van der Waals surface area contributed by atoms with Crippen molar-refractivity contribution in [3.05, 3.63) is 60.2 Å². The molecular formula is C21H29O7P. The molecule has 0 N–H and O–H groups in total. The molecule has 0 spiro atoms. The van der Waals surface area contributed by atoms with Gasteiger partial charge >= 0.3 is 19.5 Å². The van der Waals surface area contributed by atoms with E-state index in [0.29, 0.717) is 24.0 Å².